The predicted molar refractivity (Wildman–Crippen MR) is 84.3 cm³/mol. The van der Waals surface area contributed by atoms with E-state index in [9.17, 15) is 22.0 Å². The maximum atomic E-state index is 14.3. The fourth-order valence-corrected chi connectivity index (χ4v) is 2.84. The molecule has 0 bridgehead atoms. The van der Waals surface area contributed by atoms with Crippen molar-refractivity contribution in [2.24, 2.45) is 0 Å². The van der Waals surface area contributed by atoms with Crippen LogP contribution in [0.1, 0.15) is 25.6 Å². The van der Waals surface area contributed by atoms with E-state index in [1.165, 1.54) is 24.3 Å². The van der Waals surface area contributed by atoms with E-state index in [0.29, 0.717) is 12.5 Å². The summed E-state index contributed by atoms with van der Waals surface area (Å²) in [5.41, 5.74) is 0.648. The van der Waals surface area contributed by atoms with Gasteiger partial charge in [0.15, 0.2) is 17.2 Å². The Morgan fingerprint density at radius 1 is 1.15 bits per heavy atom. The molecule has 1 aliphatic carbocycles. The number of hydrogen-bond acceptors (Lipinski definition) is 4. The molecule has 27 heavy (non-hydrogen) atoms. The van der Waals surface area contributed by atoms with Gasteiger partial charge >= 0.3 is 5.92 Å². The number of alkyl halides is 4. The molecule has 3 aromatic rings. The van der Waals surface area contributed by atoms with Gasteiger partial charge in [-0.3, -0.25) is 0 Å². The third-order valence-corrected chi connectivity index (χ3v) is 4.23. The molecule has 0 saturated heterocycles. The summed E-state index contributed by atoms with van der Waals surface area (Å²) in [6, 6.07) is 6.80. The molecule has 142 valence electrons. The van der Waals surface area contributed by atoms with Crippen LogP contribution in [0.5, 0.6) is 5.75 Å². The van der Waals surface area contributed by atoms with Crippen LogP contribution in [0.3, 0.4) is 0 Å². The monoisotopic (exact) mass is 384 g/mol. The minimum atomic E-state index is -3.25. The Morgan fingerprint density at radius 3 is 2.52 bits per heavy atom. The minimum Gasteiger partial charge on any atom is -0.487 e. The lowest BCUT2D eigenvalue weighted by Crippen LogP contribution is -2.43. The van der Waals surface area contributed by atoms with E-state index in [4.69, 9.17) is 4.74 Å². The summed E-state index contributed by atoms with van der Waals surface area (Å²) < 4.78 is 73.3. The van der Waals surface area contributed by atoms with Gasteiger partial charge in [-0.25, -0.2) is 13.2 Å². The zero-order valence-electron chi connectivity index (χ0n) is 14.0. The molecule has 0 aliphatic heterocycles. The van der Waals surface area contributed by atoms with Crippen molar-refractivity contribution in [3.63, 3.8) is 0 Å². The topological polar surface area (TPSA) is 52.3 Å². The first-order valence-corrected chi connectivity index (χ1v) is 8.08. The Kier molecular flexibility index (Phi) is 3.83. The van der Waals surface area contributed by atoms with E-state index >= 15 is 0 Å². The molecule has 5 nitrogen and oxygen atoms in total. The molecule has 10 heteroatoms. The van der Waals surface area contributed by atoms with E-state index in [1.54, 1.807) is 0 Å². The molecule has 0 unspecified atom stereocenters. The highest BCUT2D eigenvalue weighted by Crippen LogP contribution is 2.40. The van der Waals surface area contributed by atoms with Gasteiger partial charge in [0.1, 0.15) is 6.10 Å². The molecule has 0 spiro atoms. The molecule has 0 amide bonds. The van der Waals surface area contributed by atoms with E-state index in [1.807, 2.05) is 0 Å². The van der Waals surface area contributed by atoms with Crippen molar-refractivity contribution >= 4 is 5.65 Å². The molecule has 4 rings (SSSR count). The largest absolute Gasteiger partial charge is 0.487 e. The maximum Gasteiger partial charge on any atom is 0.305 e. The quantitative estimate of drug-likeness (QED) is 0.632. The highest BCUT2D eigenvalue weighted by Gasteiger charge is 2.47. The first-order valence-electron chi connectivity index (χ1n) is 8.08. The van der Waals surface area contributed by atoms with Crippen LogP contribution in [0.4, 0.5) is 22.0 Å². The van der Waals surface area contributed by atoms with Gasteiger partial charge in [-0.05, 0) is 30.3 Å². The normalized spacial score (nSPS) is 17.1. The summed E-state index contributed by atoms with van der Waals surface area (Å²) in [6.45, 7) is 0.674. The predicted octanol–water partition coefficient (Wildman–Crippen LogP) is 4.22. The highest BCUT2D eigenvalue weighted by molar-refractivity contribution is 5.61. The van der Waals surface area contributed by atoms with Gasteiger partial charge in [-0.15, -0.1) is 10.2 Å². The van der Waals surface area contributed by atoms with Crippen molar-refractivity contribution in [1.29, 1.82) is 0 Å². The van der Waals surface area contributed by atoms with Crippen LogP contribution in [0.15, 0.2) is 30.3 Å². The van der Waals surface area contributed by atoms with Crippen molar-refractivity contribution < 1.29 is 26.7 Å². The molecule has 0 radical (unpaired) electrons. The Morgan fingerprint density at radius 2 is 1.89 bits per heavy atom. The molecule has 1 aliphatic rings. The summed E-state index contributed by atoms with van der Waals surface area (Å²) in [4.78, 5) is 0. The van der Waals surface area contributed by atoms with Crippen LogP contribution in [0, 0.1) is 5.82 Å². The van der Waals surface area contributed by atoms with Crippen LogP contribution in [-0.2, 0) is 5.92 Å². The number of aromatic nitrogens is 4. The number of ether oxygens (including phenoxy) is 1. The molecule has 0 N–H and O–H groups in total. The molecule has 0 atom stereocenters. The smallest absolute Gasteiger partial charge is 0.305 e. The second-order valence-corrected chi connectivity index (χ2v) is 6.55. The first-order chi connectivity index (χ1) is 12.6. The zero-order chi connectivity index (χ0) is 19.4. The summed E-state index contributed by atoms with van der Waals surface area (Å²) in [5, 5.41) is 11.1. The maximum absolute atomic E-state index is 14.3. The average molecular weight is 384 g/mol. The van der Waals surface area contributed by atoms with Gasteiger partial charge in [0.2, 0.25) is 5.82 Å². The summed E-state index contributed by atoms with van der Waals surface area (Å²) in [7, 11) is 0. The van der Waals surface area contributed by atoms with Crippen molar-refractivity contribution in [2.75, 3.05) is 0 Å². The minimum absolute atomic E-state index is 0.126. The number of benzene rings is 1. The van der Waals surface area contributed by atoms with Crippen molar-refractivity contribution in [3.05, 3.63) is 42.0 Å². The van der Waals surface area contributed by atoms with Gasteiger partial charge in [-0.1, -0.05) is 0 Å². The van der Waals surface area contributed by atoms with Gasteiger partial charge in [0.05, 0.1) is 5.69 Å². The Balaban J connectivity index is 1.62. The summed E-state index contributed by atoms with van der Waals surface area (Å²) in [6.07, 6.45) is -1.64. The number of nitrogens with zero attached hydrogens (tertiary/aromatic N) is 4. The van der Waals surface area contributed by atoms with Crippen LogP contribution in [0.2, 0.25) is 0 Å². The SMILES string of the molecule is CC(F)(F)c1nnc2ccc(-c3ccc(OC4CC(F)(F)C4)c(F)c3)nn12. The van der Waals surface area contributed by atoms with Gasteiger partial charge in [0.25, 0.3) is 5.92 Å². The molecular formula is C17H13F5N4O. The van der Waals surface area contributed by atoms with Crippen LogP contribution < -0.4 is 4.74 Å². The molecule has 1 saturated carbocycles. The van der Waals surface area contributed by atoms with Crippen LogP contribution in [-0.4, -0.2) is 31.8 Å². The second kappa shape index (κ2) is 5.86. The number of halogens is 5. The third kappa shape index (κ3) is 3.31. The lowest BCUT2D eigenvalue weighted by atomic mass is 9.91. The highest BCUT2D eigenvalue weighted by atomic mass is 19.3. The standard InChI is InChI=1S/C17H13F5N4O/c1-16(19,20)15-24-23-14-5-3-12(25-26(14)15)9-2-4-13(11(18)6-9)27-10-7-17(21,22)8-10/h2-6,10H,7-8H2,1H3. The van der Waals surface area contributed by atoms with Crippen molar-refractivity contribution in [1.82, 2.24) is 19.8 Å². The number of fused-ring (bicyclic) bond motifs is 1. The zero-order valence-corrected chi connectivity index (χ0v) is 14.0. The molecule has 2 heterocycles. The Labute approximate surface area is 149 Å². The number of hydrogen-bond donors (Lipinski definition) is 0. The van der Waals surface area contributed by atoms with E-state index < -0.39 is 42.4 Å². The lowest BCUT2D eigenvalue weighted by Gasteiger charge is -2.34. The first kappa shape index (κ1) is 17.6. The Bertz CT molecular complexity index is 1010. The Hall–Kier alpha value is -2.78. The molecule has 2 aromatic heterocycles. The van der Waals surface area contributed by atoms with Crippen molar-refractivity contribution in [3.8, 4) is 17.0 Å². The van der Waals surface area contributed by atoms with Crippen LogP contribution >= 0.6 is 0 Å². The van der Waals surface area contributed by atoms with E-state index in [0.717, 1.165) is 10.6 Å². The molecule has 1 aromatic carbocycles. The van der Waals surface area contributed by atoms with E-state index in [-0.39, 0.29) is 17.1 Å². The summed E-state index contributed by atoms with van der Waals surface area (Å²) in [5.74, 6) is -7.55. The third-order valence-electron chi connectivity index (χ3n) is 4.23. The number of rotatable bonds is 4. The fourth-order valence-electron chi connectivity index (χ4n) is 2.84. The lowest BCUT2D eigenvalue weighted by molar-refractivity contribution is -0.135. The van der Waals surface area contributed by atoms with E-state index in [2.05, 4.69) is 15.3 Å². The van der Waals surface area contributed by atoms with Crippen LogP contribution in [0.25, 0.3) is 16.9 Å². The fraction of sp³-hybridized carbons (Fsp3) is 0.353. The van der Waals surface area contributed by atoms with Gasteiger partial charge < -0.3 is 4.74 Å². The molecule has 1 fully saturated rings. The molecular weight excluding hydrogens is 371 g/mol. The average Bonchev–Trinajstić information content (AvgIpc) is 2.98. The van der Waals surface area contributed by atoms with Crippen molar-refractivity contribution in [2.45, 2.75) is 37.7 Å². The van der Waals surface area contributed by atoms with Gasteiger partial charge in [-0.2, -0.15) is 18.4 Å². The summed E-state index contributed by atoms with van der Waals surface area (Å²) >= 11 is 0. The second-order valence-electron chi connectivity index (χ2n) is 6.55. The van der Waals surface area contributed by atoms with Gasteiger partial charge in [0, 0.05) is 25.3 Å².